The van der Waals surface area contributed by atoms with E-state index < -0.39 is 0 Å². The second kappa shape index (κ2) is 5.47. The van der Waals surface area contributed by atoms with Crippen LogP contribution in [0.3, 0.4) is 0 Å². The molecule has 0 saturated heterocycles. The molecule has 0 fully saturated rings. The van der Waals surface area contributed by atoms with Gasteiger partial charge in [0, 0.05) is 30.4 Å². The maximum atomic E-state index is 5.89. The monoisotopic (exact) mass is 265 g/mol. The Hall–Kier alpha value is -2.13. The van der Waals surface area contributed by atoms with Gasteiger partial charge >= 0.3 is 0 Å². The van der Waals surface area contributed by atoms with Crippen molar-refractivity contribution in [3.63, 3.8) is 0 Å². The smallest absolute Gasteiger partial charge is 0.0740 e. The number of fused-ring (bicyclic) bond motifs is 1. The van der Waals surface area contributed by atoms with Crippen LogP contribution in [0.25, 0.3) is 0 Å². The number of benzodiazepines with no additional fused rings is 1. The van der Waals surface area contributed by atoms with Crippen LogP contribution in [0, 0.1) is 0 Å². The first kappa shape index (κ1) is 12.9. The zero-order valence-corrected chi connectivity index (χ0v) is 11.7. The van der Waals surface area contributed by atoms with Crippen LogP contribution < -0.4 is 10.6 Å². The number of hydrogen-bond acceptors (Lipinski definition) is 3. The van der Waals surface area contributed by atoms with Gasteiger partial charge in [-0.15, -0.1) is 0 Å². The van der Waals surface area contributed by atoms with E-state index in [1.807, 2.05) is 6.07 Å². The Balaban J connectivity index is 2.15. The molecule has 0 spiro atoms. The first-order valence-corrected chi connectivity index (χ1v) is 6.93. The average Bonchev–Trinajstić information content (AvgIpc) is 2.65. The van der Waals surface area contributed by atoms with E-state index in [1.165, 1.54) is 11.3 Å². The quantitative estimate of drug-likeness (QED) is 0.905. The number of rotatable bonds is 2. The van der Waals surface area contributed by atoms with Crippen molar-refractivity contribution in [1.82, 2.24) is 0 Å². The Morgan fingerprint density at radius 3 is 2.55 bits per heavy atom. The largest absolute Gasteiger partial charge is 0.368 e. The molecule has 0 amide bonds. The molecule has 1 aliphatic heterocycles. The number of aliphatic imine (C=N–C) groups is 1. The molecule has 1 heterocycles. The third kappa shape index (κ3) is 2.21. The highest BCUT2D eigenvalue weighted by molar-refractivity contribution is 6.16. The molecule has 1 atom stereocenters. The Morgan fingerprint density at radius 1 is 1.10 bits per heavy atom. The SMILES string of the molecule is CN1c2ccccc2C(c2ccccc2)=NCC1CN. The summed E-state index contributed by atoms with van der Waals surface area (Å²) in [7, 11) is 2.10. The molecule has 0 bridgehead atoms. The first-order valence-electron chi connectivity index (χ1n) is 6.93. The fourth-order valence-electron chi connectivity index (χ4n) is 2.66. The molecule has 2 N–H and O–H groups in total. The molecule has 0 aromatic heterocycles. The summed E-state index contributed by atoms with van der Waals surface area (Å²) in [5.74, 6) is 0. The highest BCUT2D eigenvalue weighted by Gasteiger charge is 2.22. The topological polar surface area (TPSA) is 41.6 Å². The Labute approximate surface area is 119 Å². The third-order valence-corrected chi connectivity index (χ3v) is 3.87. The summed E-state index contributed by atoms with van der Waals surface area (Å²) in [6.07, 6.45) is 0. The zero-order valence-electron chi connectivity index (χ0n) is 11.7. The molecule has 20 heavy (non-hydrogen) atoms. The van der Waals surface area contributed by atoms with Gasteiger partial charge in [-0.1, -0.05) is 48.5 Å². The van der Waals surface area contributed by atoms with Crippen molar-refractivity contribution in [3.8, 4) is 0 Å². The lowest BCUT2D eigenvalue weighted by atomic mass is 10.0. The van der Waals surface area contributed by atoms with Crippen LogP contribution in [0.1, 0.15) is 11.1 Å². The van der Waals surface area contributed by atoms with Crippen molar-refractivity contribution < 1.29 is 0 Å². The molecule has 3 heteroatoms. The maximum absolute atomic E-state index is 5.89. The second-order valence-corrected chi connectivity index (χ2v) is 5.07. The molecule has 1 aliphatic rings. The molecule has 3 nitrogen and oxygen atoms in total. The normalized spacial score (nSPS) is 18.2. The number of benzene rings is 2. The molecule has 1 unspecified atom stereocenters. The first-order chi connectivity index (χ1) is 9.81. The van der Waals surface area contributed by atoms with E-state index in [0.717, 1.165) is 17.8 Å². The number of hydrogen-bond donors (Lipinski definition) is 1. The van der Waals surface area contributed by atoms with E-state index in [-0.39, 0.29) is 6.04 Å². The average molecular weight is 265 g/mol. The van der Waals surface area contributed by atoms with E-state index >= 15 is 0 Å². The van der Waals surface area contributed by atoms with E-state index in [4.69, 9.17) is 10.7 Å². The van der Waals surface area contributed by atoms with Crippen molar-refractivity contribution in [2.24, 2.45) is 10.7 Å². The summed E-state index contributed by atoms with van der Waals surface area (Å²) in [6, 6.07) is 19.0. The Bertz CT molecular complexity index is 619. The van der Waals surface area contributed by atoms with Gasteiger partial charge in [0.15, 0.2) is 0 Å². The predicted octanol–water partition coefficient (Wildman–Crippen LogP) is 2.30. The van der Waals surface area contributed by atoms with Crippen LogP contribution in [-0.4, -0.2) is 31.9 Å². The predicted molar refractivity (Wildman–Crippen MR) is 84.6 cm³/mol. The van der Waals surface area contributed by atoms with Crippen molar-refractivity contribution >= 4 is 11.4 Å². The van der Waals surface area contributed by atoms with E-state index in [0.29, 0.717) is 6.54 Å². The fourth-order valence-corrected chi connectivity index (χ4v) is 2.66. The molecule has 102 valence electrons. The maximum Gasteiger partial charge on any atom is 0.0740 e. The summed E-state index contributed by atoms with van der Waals surface area (Å²) < 4.78 is 0. The number of nitrogens with two attached hydrogens (primary N) is 1. The van der Waals surface area contributed by atoms with Crippen LogP contribution in [0.4, 0.5) is 5.69 Å². The summed E-state index contributed by atoms with van der Waals surface area (Å²) in [4.78, 5) is 7.08. The minimum absolute atomic E-state index is 0.248. The summed E-state index contributed by atoms with van der Waals surface area (Å²) in [6.45, 7) is 1.34. The highest BCUT2D eigenvalue weighted by atomic mass is 15.2. The molecular weight excluding hydrogens is 246 g/mol. The van der Waals surface area contributed by atoms with Gasteiger partial charge in [-0.2, -0.15) is 0 Å². The van der Waals surface area contributed by atoms with Crippen molar-refractivity contribution in [3.05, 3.63) is 65.7 Å². The van der Waals surface area contributed by atoms with Crippen molar-refractivity contribution in [2.45, 2.75) is 6.04 Å². The van der Waals surface area contributed by atoms with Crippen LogP contribution >= 0.6 is 0 Å². The van der Waals surface area contributed by atoms with Gasteiger partial charge in [-0.3, -0.25) is 4.99 Å². The van der Waals surface area contributed by atoms with Crippen LogP contribution in [0.5, 0.6) is 0 Å². The molecule has 0 saturated carbocycles. The fraction of sp³-hybridized carbons (Fsp3) is 0.235. The molecule has 0 radical (unpaired) electrons. The van der Waals surface area contributed by atoms with Gasteiger partial charge in [0.1, 0.15) is 0 Å². The lowest BCUT2D eigenvalue weighted by Crippen LogP contribution is -2.39. The van der Waals surface area contributed by atoms with Gasteiger partial charge in [0.25, 0.3) is 0 Å². The van der Waals surface area contributed by atoms with Gasteiger partial charge in [0.2, 0.25) is 0 Å². The van der Waals surface area contributed by atoms with E-state index in [9.17, 15) is 0 Å². The van der Waals surface area contributed by atoms with Crippen molar-refractivity contribution in [2.75, 3.05) is 25.0 Å². The minimum Gasteiger partial charge on any atom is -0.368 e. The molecule has 3 rings (SSSR count). The van der Waals surface area contributed by atoms with Crippen LogP contribution in [0.2, 0.25) is 0 Å². The molecule has 2 aromatic rings. The standard InChI is InChI=1S/C17H19N3/c1-20-14(11-18)12-19-17(13-7-3-2-4-8-13)15-9-5-6-10-16(15)20/h2-10,14H,11-12,18H2,1H3. The minimum atomic E-state index is 0.248. The van der Waals surface area contributed by atoms with E-state index in [2.05, 4.69) is 60.5 Å². The Kier molecular flexibility index (Phi) is 3.52. The summed E-state index contributed by atoms with van der Waals surface area (Å²) in [5, 5.41) is 0. The van der Waals surface area contributed by atoms with Gasteiger partial charge in [-0.25, -0.2) is 0 Å². The highest BCUT2D eigenvalue weighted by Crippen LogP contribution is 2.27. The van der Waals surface area contributed by atoms with E-state index in [1.54, 1.807) is 0 Å². The van der Waals surface area contributed by atoms with Crippen LogP contribution in [0.15, 0.2) is 59.6 Å². The molecule has 2 aromatic carbocycles. The number of para-hydroxylation sites is 1. The lowest BCUT2D eigenvalue weighted by Gasteiger charge is -2.27. The zero-order chi connectivity index (χ0) is 13.9. The second-order valence-electron chi connectivity index (χ2n) is 5.07. The third-order valence-electron chi connectivity index (χ3n) is 3.87. The van der Waals surface area contributed by atoms with Crippen molar-refractivity contribution in [1.29, 1.82) is 0 Å². The number of likely N-dealkylation sites (N-methyl/N-ethyl adjacent to an activating group) is 1. The van der Waals surface area contributed by atoms with Crippen LogP contribution in [-0.2, 0) is 0 Å². The molecular formula is C17H19N3. The van der Waals surface area contributed by atoms with Gasteiger partial charge in [-0.05, 0) is 6.07 Å². The number of anilines is 1. The molecule has 0 aliphatic carbocycles. The van der Waals surface area contributed by atoms with Gasteiger partial charge < -0.3 is 10.6 Å². The summed E-state index contributed by atoms with van der Waals surface area (Å²) in [5.41, 5.74) is 10.5. The Morgan fingerprint density at radius 2 is 1.80 bits per heavy atom. The lowest BCUT2D eigenvalue weighted by molar-refractivity contribution is 0.653. The summed E-state index contributed by atoms with van der Waals surface area (Å²) >= 11 is 0. The van der Waals surface area contributed by atoms with Gasteiger partial charge in [0.05, 0.1) is 18.3 Å². The number of nitrogens with zero attached hydrogens (tertiary/aromatic N) is 2.